The van der Waals surface area contributed by atoms with Gasteiger partial charge in [0.25, 0.3) is 10.0 Å². The zero-order valence-electron chi connectivity index (χ0n) is 24.1. The smallest absolute Gasteiger partial charge is 0.264 e. The summed E-state index contributed by atoms with van der Waals surface area (Å²) in [4.78, 5) is 28.9. The number of halogens is 1. The summed E-state index contributed by atoms with van der Waals surface area (Å²) in [5, 5.41) is 2.92. The Balaban J connectivity index is 2.10. The van der Waals surface area contributed by atoms with Gasteiger partial charge in [-0.15, -0.1) is 0 Å². The predicted octanol–water partition coefficient (Wildman–Crippen LogP) is 5.14. The summed E-state index contributed by atoms with van der Waals surface area (Å²) in [5.74, 6) is -1.11. The third-order valence-corrected chi connectivity index (χ3v) is 7.97. The molecule has 0 radical (unpaired) electrons. The van der Waals surface area contributed by atoms with Gasteiger partial charge < -0.3 is 15.0 Å². The standard InChI is InChI=1S/C31H38FN3O5S/c1-6-26(30(37)33-31(3,4)5)34(21-23-17-19-24(32)20-18-23)29(36)22-35(27-15-11-12-16-28(27)40-7-2)41(38,39)25-13-9-8-10-14-25/h8-20,26H,6-7,21-22H2,1-5H3,(H,33,37). The predicted molar refractivity (Wildman–Crippen MR) is 158 cm³/mol. The Morgan fingerprint density at radius 3 is 2.12 bits per heavy atom. The maximum absolute atomic E-state index is 14.1. The monoisotopic (exact) mass is 583 g/mol. The first kappa shape index (κ1) is 31.6. The van der Waals surface area contributed by atoms with E-state index in [2.05, 4.69) is 5.32 Å². The second-order valence-electron chi connectivity index (χ2n) is 10.5. The highest BCUT2D eigenvalue weighted by Gasteiger charge is 2.35. The number of anilines is 1. The zero-order valence-corrected chi connectivity index (χ0v) is 24.9. The lowest BCUT2D eigenvalue weighted by molar-refractivity contribution is -0.141. The van der Waals surface area contributed by atoms with Gasteiger partial charge in [-0.25, -0.2) is 12.8 Å². The van der Waals surface area contributed by atoms with Gasteiger partial charge in [0, 0.05) is 12.1 Å². The SMILES string of the molecule is CCOc1ccccc1N(CC(=O)N(Cc1ccc(F)cc1)C(CC)C(=O)NC(C)(C)C)S(=O)(=O)c1ccccc1. The lowest BCUT2D eigenvalue weighted by Crippen LogP contribution is -2.55. The van der Waals surface area contributed by atoms with Crippen molar-refractivity contribution in [1.82, 2.24) is 10.2 Å². The van der Waals surface area contributed by atoms with E-state index < -0.39 is 39.9 Å². The number of rotatable bonds is 12. The van der Waals surface area contributed by atoms with Gasteiger partial charge >= 0.3 is 0 Å². The minimum absolute atomic E-state index is 0.00158. The average molecular weight is 584 g/mol. The molecule has 1 N–H and O–H groups in total. The number of carbonyl (C=O) groups is 2. The van der Waals surface area contributed by atoms with Gasteiger partial charge in [0.2, 0.25) is 11.8 Å². The number of hydrogen-bond donors (Lipinski definition) is 1. The fourth-order valence-corrected chi connectivity index (χ4v) is 5.78. The van der Waals surface area contributed by atoms with Gasteiger partial charge in [-0.2, -0.15) is 0 Å². The summed E-state index contributed by atoms with van der Waals surface area (Å²) in [6.07, 6.45) is 0.274. The largest absolute Gasteiger partial charge is 0.492 e. The molecule has 0 aliphatic heterocycles. The van der Waals surface area contributed by atoms with Gasteiger partial charge in [-0.3, -0.25) is 13.9 Å². The number of sulfonamides is 1. The summed E-state index contributed by atoms with van der Waals surface area (Å²) < 4.78 is 48.4. The van der Waals surface area contributed by atoms with Crippen molar-refractivity contribution >= 4 is 27.5 Å². The molecule has 0 spiro atoms. The molecule has 3 rings (SSSR count). The lowest BCUT2D eigenvalue weighted by atomic mass is 10.1. The van der Waals surface area contributed by atoms with Crippen molar-refractivity contribution in [2.75, 3.05) is 17.5 Å². The highest BCUT2D eigenvalue weighted by molar-refractivity contribution is 7.92. The molecular weight excluding hydrogens is 545 g/mol. The second kappa shape index (κ2) is 13.6. The molecule has 0 aliphatic carbocycles. The van der Waals surface area contributed by atoms with Crippen LogP contribution in [0.5, 0.6) is 5.75 Å². The molecule has 0 saturated heterocycles. The van der Waals surface area contributed by atoms with Crippen LogP contribution in [0.1, 0.15) is 46.6 Å². The van der Waals surface area contributed by atoms with Crippen LogP contribution in [0.3, 0.4) is 0 Å². The fraction of sp³-hybridized carbons (Fsp3) is 0.355. The first-order valence-electron chi connectivity index (χ1n) is 13.5. The number of nitrogens with zero attached hydrogens (tertiary/aromatic N) is 2. The van der Waals surface area contributed by atoms with Crippen molar-refractivity contribution < 1.29 is 27.1 Å². The number of ether oxygens (including phenoxy) is 1. The molecule has 0 aliphatic rings. The molecule has 220 valence electrons. The molecule has 0 saturated carbocycles. The van der Waals surface area contributed by atoms with Crippen molar-refractivity contribution in [1.29, 1.82) is 0 Å². The molecule has 2 amide bonds. The van der Waals surface area contributed by atoms with Crippen LogP contribution in [0.4, 0.5) is 10.1 Å². The average Bonchev–Trinajstić information content (AvgIpc) is 2.92. The molecule has 0 bridgehead atoms. The van der Waals surface area contributed by atoms with Crippen LogP contribution in [0.25, 0.3) is 0 Å². The minimum Gasteiger partial charge on any atom is -0.492 e. The second-order valence-corrected chi connectivity index (χ2v) is 12.4. The van der Waals surface area contributed by atoms with Crippen LogP contribution in [0.15, 0.2) is 83.8 Å². The topological polar surface area (TPSA) is 96.0 Å². The Labute approximate surface area is 242 Å². The number of nitrogens with one attached hydrogen (secondary N) is 1. The van der Waals surface area contributed by atoms with E-state index in [0.717, 1.165) is 4.31 Å². The van der Waals surface area contributed by atoms with E-state index in [1.807, 2.05) is 20.8 Å². The number of carbonyl (C=O) groups excluding carboxylic acids is 2. The zero-order chi connectivity index (χ0) is 30.2. The maximum Gasteiger partial charge on any atom is 0.264 e. The van der Waals surface area contributed by atoms with E-state index in [1.165, 1.54) is 41.3 Å². The summed E-state index contributed by atoms with van der Waals surface area (Å²) in [5.41, 5.74) is 0.225. The number of hydrogen-bond acceptors (Lipinski definition) is 5. The number of amides is 2. The Morgan fingerprint density at radius 2 is 1.54 bits per heavy atom. The van der Waals surface area contributed by atoms with Crippen LogP contribution in [-0.2, 0) is 26.2 Å². The minimum atomic E-state index is -4.23. The Bertz CT molecular complexity index is 1420. The molecule has 3 aromatic rings. The van der Waals surface area contributed by atoms with Crippen LogP contribution in [0, 0.1) is 5.82 Å². The number of para-hydroxylation sites is 2. The quantitative estimate of drug-likeness (QED) is 0.319. The van der Waals surface area contributed by atoms with E-state index in [0.29, 0.717) is 11.3 Å². The van der Waals surface area contributed by atoms with Crippen LogP contribution in [-0.4, -0.2) is 49.9 Å². The van der Waals surface area contributed by atoms with Crippen LogP contribution < -0.4 is 14.4 Å². The molecule has 10 heteroatoms. The van der Waals surface area contributed by atoms with E-state index in [-0.39, 0.29) is 36.1 Å². The number of benzene rings is 3. The van der Waals surface area contributed by atoms with Crippen molar-refractivity contribution in [2.24, 2.45) is 0 Å². The Morgan fingerprint density at radius 1 is 0.927 bits per heavy atom. The Hall–Kier alpha value is -3.92. The van der Waals surface area contributed by atoms with Crippen molar-refractivity contribution in [2.45, 2.75) is 64.1 Å². The van der Waals surface area contributed by atoms with E-state index in [9.17, 15) is 22.4 Å². The molecule has 0 aromatic heterocycles. The highest BCUT2D eigenvalue weighted by atomic mass is 32.2. The summed E-state index contributed by atoms with van der Waals surface area (Å²) >= 11 is 0. The highest BCUT2D eigenvalue weighted by Crippen LogP contribution is 2.33. The lowest BCUT2D eigenvalue weighted by Gasteiger charge is -2.35. The van der Waals surface area contributed by atoms with Crippen LogP contribution >= 0.6 is 0 Å². The van der Waals surface area contributed by atoms with Crippen LogP contribution in [0.2, 0.25) is 0 Å². The van der Waals surface area contributed by atoms with Gasteiger partial charge in [0.15, 0.2) is 0 Å². The van der Waals surface area contributed by atoms with Crippen molar-refractivity contribution in [3.63, 3.8) is 0 Å². The maximum atomic E-state index is 14.1. The van der Waals surface area contributed by atoms with E-state index in [1.54, 1.807) is 56.3 Å². The Kier molecular flexibility index (Phi) is 10.5. The summed E-state index contributed by atoms with van der Waals surface area (Å²) in [6, 6.07) is 19.1. The van der Waals surface area contributed by atoms with E-state index in [4.69, 9.17) is 4.74 Å². The van der Waals surface area contributed by atoms with Gasteiger partial charge in [-0.05, 0) is 76.1 Å². The van der Waals surface area contributed by atoms with E-state index >= 15 is 0 Å². The third kappa shape index (κ3) is 8.29. The molecule has 1 unspecified atom stereocenters. The molecular formula is C31H38FN3O5S. The molecule has 3 aromatic carbocycles. The molecule has 41 heavy (non-hydrogen) atoms. The van der Waals surface area contributed by atoms with Crippen molar-refractivity contribution in [3.8, 4) is 5.75 Å². The molecule has 8 nitrogen and oxygen atoms in total. The molecule has 0 heterocycles. The first-order valence-corrected chi connectivity index (χ1v) is 15.0. The summed E-state index contributed by atoms with van der Waals surface area (Å²) in [6.45, 7) is 8.73. The fourth-order valence-electron chi connectivity index (χ4n) is 4.33. The van der Waals surface area contributed by atoms with Gasteiger partial charge in [-0.1, -0.05) is 49.4 Å². The van der Waals surface area contributed by atoms with Crippen molar-refractivity contribution in [3.05, 3.63) is 90.2 Å². The molecule has 0 fully saturated rings. The third-order valence-electron chi connectivity index (χ3n) is 6.19. The summed E-state index contributed by atoms with van der Waals surface area (Å²) in [7, 11) is -4.23. The molecule has 1 atom stereocenters. The van der Waals surface area contributed by atoms with Gasteiger partial charge in [0.1, 0.15) is 24.2 Å². The van der Waals surface area contributed by atoms with Gasteiger partial charge in [0.05, 0.1) is 17.2 Å². The normalized spacial score (nSPS) is 12.3. The first-order chi connectivity index (χ1) is 19.4.